The van der Waals surface area contributed by atoms with Crippen molar-refractivity contribution in [1.82, 2.24) is 0 Å². The summed E-state index contributed by atoms with van der Waals surface area (Å²) in [5.74, 6) is 0. The second-order valence-electron chi connectivity index (χ2n) is 1.98. The molecule has 0 aromatic heterocycles. The van der Waals surface area contributed by atoms with E-state index in [0.717, 1.165) is 12.0 Å². The molecule has 0 N–H and O–H groups in total. The Morgan fingerprint density at radius 3 is 2.00 bits per heavy atom. The molecule has 1 radical (unpaired) electrons. The minimum atomic E-state index is -0.329. The van der Waals surface area contributed by atoms with Gasteiger partial charge >= 0.3 is 0 Å². The van der Waals surface area contributed by atoms with Crippen molar-refractivity contribution in [2.24, 2.45) is 0 Å². The molecule has 0 fully saturated rings. The van der Waals surface area contributed by atoms with Gasteiger partial charge in [0, 0.05) is 44.8 Å². The maximum atomic E-state index is 9.21. The van der Waals surface area contributed by atoms with Gasteiger partial charge in [0.25, 0.3) is 0 Å². The Morgan fingerprint density at radius 2 is 1.90 bits per heavy atom. The van der Waals surface area contributed by atoms with Crippen molar-refractivity contribution in [3.8, 4) is 0 Å². The summed E-state index contributed by atoms with van der Waals surface area (Å²) in [6.07, 6.45) is 0. The molecule has 0 saturated carbocycles. The van der Waals surface area contributed by atoms with Crippen LogP contribution < -0.4 is 5.26 Å². The SMILES string of the molecule is C.[CH2-]C(C)(C)SOO[O-].[Y]. The Labute approximate surface area is 91.8 Å². The minimum Gasteiger partial charge on any atom is -0.691 e. The molecule has 0 amide bonds. The van der Waals surface area contributed by atoms with E-state index in [1.807, 2.05) is 0 Å². The molecule has 0 atom stereocenters. The molecule has 0 aliphatic heterocycles. The third-order valence-corrected chi connectivity index (χ3v) is 0.862. The predicted molar refractivity (Wildman–Crippen MR) is 35.9 cm³/mol. The third kappa shape index (κ3) is 16.2. The molecule has 61 valence electrons. The zero-order valence-electron chi connectivity index (χ0n) is 5.42. The van der Waals surface area contributed by atoms with Crippen LogP contribution in [0.5, 0.6) is 0 Å². The predicted octanol–water partition coefficient (Wildman–Crippen LogP) is 1.10. The molecule has 0 aromatic carbocycles. The Morgan fingerprint density at radius 1 is 1.50 bits per heavy atom. The van der Waals surface area contributed by atoms with Crippen LogP contribution in [-0.2, 0) is 42.1 Å². The maximum absolute atomic E-state index is 9.21. The molecular weight excluding hydrogens is 229 g/mol. The summed E-state index contributed by atoms with van der Waals surface area (Å²) in [5.41, 5.74) is 0. The van der Waals surface area contributed by atoms with Crippen LogP contribution in [0.25, 0.3) is 0 Å². The standard InChI is InChI=1S/C4H9O3S.CH4.Y/c1-4(2,3)8-7-6-5;;/h5H,1H2,2-3H3;1H4;/q-1;;/p-1. The summed E-state index contributed by atoms with van der Waals surface area (Å²) in [4.78, 5) is 0. The minimum absolute atomic E-state index is 0. The van der Waals surface area contributed by atoms with E-state index >= 15 is 0 Å². The van der Waals surface area contributed by atoms with Crippen LogP contribution in [0.15, 0.2) is 0 Å². The Bertz CT molecular complexity index is 64.4. The van der Waals surface area contributed by atoms with Gasteiger partial charge in [-0.1, -0.05) is 26.0 Å². The fourth-order valence-electron chi connectivity index (χ4n) is 0.106. The third-order valence-electron chi connectivity index (χ3n) is 0.287. The van der Waals surface area contributed by atoms with E-state index in [2.05, 4.69) is 16.3 Å². The molecule has 0 unspecified atom stereocenters. The van der Waals surface area contributed by atoms with Crippen LogP contribution in [-0.4, -0.2) is 4.75 Å². The molecule has 0 heterocycles. The molecule has 3 nitrogen and oxygen atoms in total. The summed E-state index contributed by atoms with van der Waals surface area (Å²) in [5, 5.41) is 12.3. The van der Waals surface area contributed by atoms with Crippen molar-refractivity contribution in [3.05, 3.63) is 6.92 Å². The largest absolute Gasteiger partial charge is 0.691 e. The molecule has 0 aliphatic rings. The topological polar surface area (TPSA) is 41.5 Å². The van der Waals surface area contributed by atoms with Crippen molar-refractivity contribution in [1.29, 1.82) is 0 Å². The number of rotatable bonds is 3. The second kappa shape index (κ2) is 8.43. The first kappa shape index (κ1) is 17.4. The first-order valence-corrected chi connectivity index (χ1v) is 2.80. The molecule has 10 heavy (non-hydrogen) atoms. The van der Waals surface area contributed by atoms with Crippen molar-refractivity contribution >= 4 is 12.0 Å². The van der Waals surface area contributed by atoms with Gasteiger partial charge in [-0.15, -0.1) is 0 Å². The van der Waals surface area contributed by atoms with Gasteiger partial charge in [-0.25, -0.2) is 0 Å². The Kier molecular flexibility index (Phi) is 14.7. The van der Waals surface area contributed by atoms with Crippen molar-refractivity contribution < 1.29 is 47.3 Å². The maximum Gasteiger partial charge on any atom is 0.00350 e. The summed E-state index contributed by atoms with van der Waals surface area (Å²) in [6, 6.07) is 0. The zero-order valence-corrected chi connectivity index (χ0v) is 9.07. The van der Waals surface area contributed by atoms with Crippen LogP contribution in [0, 0.1) is 6.92 Å². The summed E-state index contributed by atoms with van der Waals surface area (Å²) < 4.78 is 3.67. The zero-order chi connectivity index (χ0) is 6.62. The molecule has 0 saturated heterocycles. The van der Waals surface area contributed by atoms with Gasteiger partial charge in [0.15, 0.2) is 0 Å². The molecule has 0 aliphatic carbocycles. The fraction of sp³-hybridized carbons (Fsp3) is 0.800. The average Bonchev–Trinajstić information content (AvgIpc) is 1.59. The van der Waals surface area contributed by atoms with Crippen LogP contribution in [0.4, 0.5) is 0 Å². The van der Waals surface area contributed by atoms with E-state index < -0.39 is 0 Å². The van der Waals surface area contributed by atoms with Gasteiger partial charge in [0.05, 0.1) is 0 Å². The fourth-order valence-corrected chi connectivity index (χ4v) is 0.318. The Balaban J connectivity index is -0.000000245. The van der Waals surface area contributed by atoms with Crippen molar-refractivity contribution in [2.75, 3.05) is 0 Å². The first-order valence-electron chi connectivity index (χ1n) is 2.06. The normalized spacial score (nSPS) is 9.60. The van der Waals surface area contributed by atoms with E-state index in [1.54, 1.807) is 13.8 Å². The average molecular weight is 241 g/mol. The van der Waals surface area contributed by atoms with E-state index in [4.69, 9.17) is 0 Å². The molecule has 5 heteroatoms. The van der Waals surface area contributed by atoms with E-state index in [9.17, 15) is 5.26 Å². The second-order valence-corrected chi connectivity index (χ2v) is 3.39. The summed E-state index contributed by atoms with van der Waals surface area (Å²) in [7, 11) is 0. The van der Waals surface area contributed by atoms with Gasteiger partial charge in [-0.05, 0) is 0 Å². The summed E-state index contributed by atoms with van der Waals surface area (Å²) in [6.45, 7) is 7.23. The molecule has 0 bridgehead atoms. The van der Waals surface area contributed by atoms with Crippen LogP contribution >= 0.6 is 12.0 Å². The number of hydrogen-bond acceptors (Lipinski definition) is 4. The van der Waals surface area contributed by atoms with E-state index in [-0.39, 0.29) is 44.9 Å². The van der Waals surface area contributed by atoms with Gasteiger partial charge in [0.1, 0.15) is 0 Å². The Hall–Kier alpha value is 1.33. The van der Waals surface area contributed by atoms with E-state index in [1.165, 1.54) is 0 Å². The van der Waals surface area contributed by atoms with Gasteiger partial charge in [0.2, 0.25) is 0 Å². The van der Waals surface area contributed by atoms with Crippen LogP contribution in [0.3, 0.4) is 0 Å². The van der Waals surface area contributed by atoms with Gasteiger partial charge < -0.3 is 12.2 Å². The summed E-state index contributed by atoms with van der Waals surface area (Å²) >= 11 is 0.888. The quantitative estimate of drug-likeness (QED) is 0.321. The first-order chi connectivity index (χ1) is 3.56. The van der Waals surface area contributed by atoms with Crippen LogP contribution in [0.1, 0.15) is 21.3 Å². The van der Waals surface area contributed by atoms with Gasteiger partial charge in [-0.3, -0.25) is 5.04 Å². The monoisotopic (exact) mass is 241 g/mol. The molecular formula is C5H12O3SY-2. The van der Waals surface area contributed by atoms with Gasteiger partial charge in [-0.2, -0.15) is 4.33 Å². The van der Waals surface area contributed by atoms with Crippen LogP contribution in [0.2, 0.25) is 0 Å². The van der Waals surface area contributed by atoms with Crippen molar-refractivity contribution in [2.45, 2.75) is 26.0 Å². The molecule has 0 spiro atoms. The van der Waals surface area contributed by atoms with E-state index in [0.29, 0.717) is 0 Å². The molecule has 0 aromatic rings. The molecule has 0 rings (SSSR count). The number of hydrogen-bond donors (Lipinski definition) is 0. The smallest absolute Gasteiger partial charge is 0.00350 e. The van der Waals surface area contributed by atoms with Crippen molar-refractivity contribution in [3.63, 3.8) is 0 Å².